The van der Waals surface area contributed by atoms with Gasteiger partial charge in [-0.15, -0.1) is 0 Å². The number of nitrogens with one attached hydrogen (secondary N) is 4. The first kappa shape index (κ1) is 76.8. The molecule has 0 radical (unpaired) electrons. The van der Waals surface area contributed by atoms with E-state index >= 15 is 0 Å². The molecule has 0 aromatic carbocycles. The van der Waals surface area contributed by atoms with Crippen LogP contribution in [0.1, 0.15) is 303 Å². The molecule has 1 rings (SSSR count). The van der Waals surface area contributed by atoms with Crippen LogP contribution in [0.5, 0.6) is 0 Å². The smallest absolute Gasteiger partial charge is 0.328 e. The largest absolute Gasteiger partial charge is 0.464 e. The number of allylic oxidation sites excluding steroid dienone is 12. The second-order valence-electron chi connectivity index (χ2n) is 23.5. The van der Waals surface area contributed by atoms with Gasteiger partial charge < -0.3 is 30.9 Å². The fourth-order valence-electron chi connectivity index (χ4n) is 10.3. The second kappa shape index (κ2) is 60.9. The van der Waals surface area contributed by atoms with Crippen LogP contribution in [0.25, 0.3) is 0 Å². The Labute approximate surface area is 509 Å². The number of hydrogen-bond acceptors (Lipinski definition) is 7. The highest BCUT2D eigenvalue weighted by Crippen LogP contribution is 2.14. The maximum absolute atomic E-state index is 14.2. The molecule has 11 nitrogen and oxygen atoms in total. The van der Waals surface area contributed by atoms with E-state index < -0.39 is 24.0 Å². The minimum absolute atomic E-state index is 0.00169. The number of likely N-dealkylation sites (tertiary alicyclic amines) is 1. The Balaban J connectivity index is 2.73. The Bertz CT molecular complexity index is 1730. The molecule has 1 heterocycles. The summed E-state index contributed by atoms with van der Waals surface area (Å²) in [6, 6.07) is -1.80. The van der Waals surface area contributed by atoms with Gasteiger partial charge in [-0.1, -0.05) is 190 Å². The van der Waals surface area contributed by atoms with E-state index in [-0.39, 0.29) is 24.3 Å². The number of ether oxygens (including phenoxy) is 1. The molecule has 0 bridgehead atoms. The Morgan fingerprint density at radius 2 is 0.747 bits per heavy atom. The first-order chi connectivity index (χ1) is 40.8. The van der Waals surface area contributed by atoms with Gasteiger partial charge in [0.2, 0.25) is 23.6 Å². The van der Waals surface area contributed by atoms with Gasteiger partial charge in [0.15, 0.2) is 0 Å². The van der Waals surface area contributed by atoms with E-state index in [1.165, 1.54) is 103 Å². The number of carbonyl (C=O) groups is 5. The van der Waals surface area contributed by atoms with Crippen LogP contribution in [-0.2, 0) is 28.7 Å². The van der Waals surface area contributed by atoms with Crippen molar-refractivity contribution in [3.63, 3.8) is 0 Å². The average molecular weight is 1160 g/mol. The number of esters is 1. The average Bonchev–Trinajstić information content (AvgIpc) is 4.05. The van der Waals surface area contributed by atoms with Crippen molar-refractivity contribution >= 4 is 29.6 Å². The summed E-state index contributed by atoms with van der Waals surface area (Å²) in [7, 11) is 0. The summed E-state index contributed by atoms with van der Waals surface area (Å²) < 4.78 is 5.79. The van der Waals surface area contributed by atoms with Crippen LogP contribution in [0.15, 0.2) is 72.9 Å². The van der Waals surface area contributed by atoms with Crippen LogP contribution in [0, 0.1) is 0 Å². The molecule has 0 aliphatic carbocycles. The summed E-state index contributed by atoms with van der Waals surface area (Å²) in [4.78, 5) is 69.4. The third kappa shape index (κ3) is 53.0. The molecule has 4 N–H and O–H groups in total. The zero-order valence-electron chi connectivity index (χ0n) is 53.8. The minimum atomic E-state index is -0.926. The van der Waals surface area contributed by atoms with E-state index in [2.05, 4.69) is 120 Å². The fraction of sp³-hybridized carbons (Fsp3) is 0.764. The molecule has 2 unspecified atom stereocenters. The number of unbranched alkanes of at least 4 members (excludes halogenated alkanes) is 25. The lowest BCUT2D eigenvalue weighted by molar-refractivity contribution is -0.148. The van der Waals surface area contributed by atoms with E-state index in [1.807, 2.05) is 0 Å². The molecule has 11 heteroatoms. The molecule has 2 atom stereocenters. The molecule has 0 saturated carbocycles. The lowest BCUT2D eigenvalue weighted by atomic mass is 10.1. The highest BCUT2D eigenvalue weighted by atomic mass is 16.5. The van der Waals surface area contributed by atoms with Crippen LogP contribution < -0.4 is 21.3 Å². The van der Waals surface area contributed by atoms with E-state index in [1.54, 1.807) is 0 Å². The number of hydrogen-bond donors (Lipinski definition) is 4. The number of nitrogens with zero attached hydrogens (tertiary/aromatic N) is 1. The summed E-state index contributed by atoms with van der Waals surface area (Å²) >= 11 is 0. The maximum atomic E-state index is 14.2. The molecule has 1 fully saturated rings. The van der Waals surface area contributed by atoms with E-state index in [0.29, 0.717) is 58.0 Å². The van der Waals surface area contributed by atoms with Crippen LogP contribution >= 0.6 is 0 Å². The molecular weight excluding hydrogens is 1030 g/mol. The summed E-state index contributed by atoms with van der Waals surface area (Å²) in [5, 5.41) is 12.0. The number of rotatable bonds is 59. The molecule has 476 valence electrons. The number of amides is 4. The van der Waals surface area contributed by atoms with Gasteiger partial charge in [0.25, 0.3) is 0 Å². The molecule has 0 aromatic heterocycles. The third-order valence-corrected chi connectivity index (χ3v) is 15.6. The van der Waals surface area contributed by atoms with Crippen molar-refractivity contribution in [2.24, 2.45) is 0 Å². The quantitative estimate of drug-likeness (QED) is 0.0269. The molecule has 4 amide bonds. The van der Waals surface area contributed by atoms with E-state index in [0.717, 1.165) is 154 Å². The monoisotopic (exact) mass is 1160 g/mol. The van der Waals surface area contributed by atoms with E-state index in [4.69, 9.17) is 4.74 Å². The van der Waals surface area contributed by atoms with Crippen molar-refractivity contribution in [1.82, 2.24) is 26.2 Å². The Morgan fingerprint density at radius 1 is 0.386 bits per heavy atom. The van der Waals surface area contributed by atoms with Gasteiger partial charge in [0, 0.05) is 32.4 Å². The predicted molar refractivity (Wildman–Crippen MR) is 352 cm³/mol. The highest BCUT2D eigenvalue weighted by Gasteiger charge is 2.28. The highest BCUT2D eigenvalue weighted by molar-refractivity contribution is 5.90. The molecule has 1 saturated heterocycles. The van der Waals surface area contributed by atoms with Gasteiger partial charge in [-0.05, 0) is 187 Å². The first-order valence-electron chi connectivity index (χ1n) is 34.7. The third-order valence-electron chi connectivity index (χ3n) is 15.6. The molecule has 1 aliphatic rings. The van der Waals surface area contributed by atoms with Gasteiger partial charge in [-0.2, -0.15) is 0 Å². The molecule has 0 spiro atoms. The molecule has 1 aliphatic heterocycles. The lowest BCUT2D eigenvalue weighted by Gasteiger charge is -2.23. The van der Waals surface area contributed by atoms with Crippen LogP contribution in [0.4, 0.5) is 0 Å². The summed E-state index contributed by atoms with van der Waals surface area (Å²) in [6.45, 7) is 11.0. The van der Waals surface area contributed by atoms with Gasteiger partial charge in [-0.25, -0.2) is 4.79 Å². The van der Waals surface area contributed by atoms with Crippen molar-refractivity contribution in [3.8, 4) is 0 Å². The Kier molecular flexibility index (Phi) is 56.3. The predicted octanol–water partition coefficient (Wildman–Crippen LogP) is 17.6. The first-order valence-corrected chi connectivity index (χ1v) is 34.7. The van der Waals surface area contributed by atoms with Crippen LogP contribution in [0.3, 0.4) is 0 Å². The molecule has 0 aromatic rings. The minimum Gasteiger partial charge on any atom is -0.464 e. The summed E-state index contributed by atoms with van der Waals surface area (Å²) in [5.41, 5.74) is 0. The Hall–Kier alpha value is -4.25. The van der Waals surface area contributed by atoms with Crippen molar-refractivity contribution in [2.45, 2.75) is 315 Å². The summed E-state index contributed by atoms with van der Waals surface area (Å²) in [5.74, 6) is -1.11. The zero-order chi connectivity index (χ0) is 60.0. The van der Waals surface area contributed by atoms with Gasteiger partial charge >= 0.3 is 5.97 Å². The molecular formula is C72H127N5O6. The maximum Gasteiger partial charge on any atom is 0.328 e. The number of carbonyl (C=O) groups excluding carboxylic acids is 5. The van der Waals surface area contributed by atoms with Crippen LogP contribution in [-0.4, -0.2) is 85.9 Å². The zero-order valence-corrected chi connectivity index (χ0v) is 53.8. The van der Waals surface area contributed by atoms with Gasteiger partial charge in [-0.3, -0.25) is 19.2 Å². The standard InChI is InChI=1S/C72H127N5O6/c1-4-7-10-13-16-19-22-25-28-31-34-37-40-43-46-57-68(78)73-60-53-55-66(75-70(80)59-48-45-42-39-36-33-30-27-24-21-18-15-12-9-6-3)71(81)76-67(72(82)83-65-52-51-64-77-62-49-50-63-77)56-54-61-74-69(79)58-47-44-41-38-35-32-29-26-23-20-17-14-11-8-5-2/h16-21,25-30,66-67H,4-15,22-24,31-65H2,1-3H3,(H,73,78)(H,74,79)(H,75,80)(H,76,81)/b19-16-,20-17-,21-18-,28-25-,29-26-,30-27-. The van der Waals surface area contributed by atoms with Crippen molar-refractivity contribution in [2.75, 3.05) is 39.3 Å². The lowest BCUT2D eigenvalue weighted by Crippen LogP contribution is -2.52. The summed E-state index contributed by atoms with van der Waals surface area (Å²) in [6.07, 6.45) is 71.2. The van der Waals surface area contributed by atoms with Gasteiger partial charge in [0.1, 0.15) is 12.1 Å². The second-order valence-corrected chi connectivity index (χ2v) is 23.5. The van der Waals surface area contributed by atoms with Gasteiger partial charge in [0.05, 0.1) is 6.61 Å². The normalized spacial score (nSPS) is 13.9. The van der Waals surface area contributed by atoms with Crippen molar-refractivity contribution < 1.29 is 28.7 Å². The van der Waals surface area contributed by atoms with Crippen LogP contribution in [0.2, 0.25) is 0 Å². The van der Waals surface area contributed by atoms with Crippen molar-refractivity contribution in [3.05, 3.63) is 72.9 Å². The molecule has 83 heavy (non-hydrogen) atoms. The Morgan fingerprint density at radius 3 is 1.16 bits per heavy atom. The fourth-order valence-corrected chi connectivity index (χ4v) is 10.3. The topological polar surface area (TPSA) is 146 Å². The van der Waals surface area contributed by atoms with Crippen molar-refractivity contribution in [1.29, 1.82) is 0 Å². The van der Waals surface area contributed by atoms with E-state index in [9.17, 15) is 24.0 Å². The SMILES string of the molecule is CCCCC/C=C\C/C=C\CCCCCCCC(=O)NCCCC(NC(=O)CCCCCCC/C=C\C/C=C\CCCCC)C(=O)NC(CCCNC(=O)CCCCCCC/C=C\C/C=C\CCCCC)C(=O)OCCCCN1CCCC1.